The molecule has 0 atom stereocenters. The van der Waals surface area contributed by atoms with Crippen LogP contribution < -0.4 is 11.3 Å². The molecule has 0 aliphatic rings. The molecule has 2 rings (SSSR count). The summed E-state index contributed by atoms with van der Waals surface area (Å²) in [7, 11) is 0. The van der Waals surface area contributed by atoms with Gasteiger partial charge in [-0.3, -0.25) is 9.20 Å². The molecule has 0 saturated carbocycles. The monoisotopic (exact) mass is 229 g/mol. The van der Waals surface area contributed by atoms with Gasteiger partial charge in [0, 0.05) is 6.07 Å². The fourth-order valence-electron chi connectivity index (χ4n) is 1.39. The molecule has 2 heterocycles. The molecule has 0 amide bonds. The molecule has 0 spiro atoms. The number of hydrogen-bond donors (Lipinski definition) is 1. The van der Waals surface area contributed by atoms with Crippen LogP contribution in [0.3, 0.4) is 0 Å². The van der Waals surface area contributed by atoms with E-state index in [4.69, 9.17) is 5.73 Å². The predicted octanol–water partition coefficient (Wildman–Crippen LogP) is 1.30. The number of alkyl halides is 3. The van der Waals surface area contributed by atoms with E-state index in [9.17, 15) is 18.0 Å². The number of rotatable bonds is 0. The van der Waals surface area contributed by atoms with Crippen molar-refractivity contribution in [3.8, 4) is 0 Å². The third kappa shape index (κ3) is 1.60. The Balaban J connectivity index is 2.93. The molecule has 0 unspecified atom stereocenters. The second-order valence-electron chi connectivity index (χ2n) is 3.12. The van der Waals surface area contributed by atoms with E-state index in [2.05, 4.69) is 4.98 Å². The first-order valence-corrected chi connectivity index (χ1v) is 4.25. The lowest BCUT2D eigenvalue weighted by Crippen LogP contribution is -2.23. The molecule has 0 radical (unpaired) electrons. The van der Waals surface area contributed by atoms with Crippen molar-refractivity contribution in [1.82, 2.24) is 9.38 Å². The average molecular weight is 229 g/mol. The van der Waals surface area contributed by atoms with Gasteiger partial charge >= 0.3 is 6.18 Å². The maximum atomic E-state index is 12.6. The molecule has 0 aromatic carbocycles. The normalized spacial score (nSPS) is 11.9. The summed E-state index contributed by atoms with van der Waals surface area (Å²) in [6, 6.07) is 4.12. The van der Waals surface area contributed by atoms with Crippen molar-refractivity contribution in [2.45, 2.75) is 6.18 Å². The zero-order valence-electron chi connectivity index (χ0n) is 7.82. The summed E-state index contributed by atoms with van der Waals surface area (Å²) in [6.45, 7) is 0. The summed E-state index contributed by atoms with van der Waals surface area (Å²) in [4.78, 5) is 15.1. The molecule has 2 aromatic rings. The van der Waals surface area contributed by atoms with Gasteiger partial charge in [-0.1, -0.05) is 6.07 Å². The first-order chi connectivity index (χ1) is 7.39. The van der Waals surface area contributed by atoms with Crippen molar-refractivity contribution < 1.29 is 13.2 Å². The lowest BCUT2D eigenvalue weighted by molar-refractivity contribution is -0.142. The molecule has 0 aliphatic heterocycles. The molecule has 0 aliphatic carbocycles. The summed E-state index contributed by atoms with van der Waals surface area (Å²) in [5, 5.41) is 0. The van der Waals surface area contributed by atoms with Gasteiger partial charge in [0.05, 0.1) is 0 Å². The number of nitrogen functional groups attached to an aromatic ring is 1. The van der Waals surface area contributed by atoms with Crippen LogP contribution in [0.5, 0.6) is 0 Å². The second-order valence-corrected chi connectivity index (χ2v) is 3.12. The van der Waals surface area contributed by atoms with Crippen molar-refractivity contribution in [2.24, 2.45) is 0 Å². The highest BCUT2D eigenvalue weighted by atomic mass is 19.4. The smallest absolute Gasteiger partial charge is 0.383 e. The van der Waals surface area contributed by atoms with Crippen molar-refractivity contribution in [3.63, 3.8) is 0 Å². The standard InChI is InChI=1S/C9H6F3N3O/c10-9(11,12)5-2-1-3-7-14-6(13)4-8(16)15(5)7/h1-4H,13H2. The van der Waals surface area contributed by atoms with Gasteiger partial charge in [0.15, 0.2) is 0 Å². The second kappa shape index (κ2) is 3.22. The van der Waals surface area contributed by atoms with Crippen LogP contribution in [0.25, 0.3) is 5.65 Å². The van der Waals surface area contributed by atoms with E-state index < -0.39 is 17.4 Å². The molecule has 0 fully saturated rings. The Kier molecular flexibility index (Phi) is 2.11. The Hall–Kier alpha value is -2.05. The molecular formula is C9H6F3N3O. The number of fused-ring (bicyclic) bond motifs is 1. The number of aromatic nitrogens is 2. The highest BCUT2D eigenvalue weighted by Gasteiger charge is 2.33. The number of halogens is 3. The van der Waals surface area contributed by atoms with Crippen LogP contribution in [-0.4, -0.2) is 9.38 Å². The van der Waals surface area contributed by atoms with Crippen LogP contribution in [0.15, 0.2) is 29.1 Å². The Morgan fingerprint density at radius 2 is 2.00 bits per heavy atom. The summed E-state index contributed by atoms with van der Waals surface area (Å²) < 4.78 is 38.2. The first kappa shape index (κ1) is 10.5. The minimum atomic E-state index is -4.61. The number of pyridine rings is 1. The lowest BCUT2D eigenvalue weighted by Gasteiger charge is -2.10. The van der Waals surface area contributed by atoms with Crippen molar-refractivity contribution in [1.29, 1.82) is 0 Å². The fraction of sp³-hybridized carbons (Fsp3) is 0.111. The van der Waals surface area contributed by atoms with E-state index >= 15 is 0 Å². The van der Waals surface area contributed by atoms with E-state index in [0.29, 0.717) is 4.40 Å². The molecule has 16 heavy (non-hydrogen) atoms. The van der Waals surface area contributed by atoms with Crippen molar-refractivity contribution in [2.75, 3.05) is 5.73 Å². The van der Waals surface area contributed by atoms with Crippen LogP contribution >= 0.6 is 0 Å². The Morgan fingerprint density at radius 3 is 2.62 bits per heavy atom. The number of anilines is 1. The van der Waals surface area contributed by atoms with E-state index in [0.717, 1.165) is 12.1 Å². The zero-order chi connectivity index (χ0) is 11.9. The summed E-state index contributed by atoms with van der Waals surface area (Å²) in [5.74, 6) is -0.107. The van der Waals surface area contributed by atoms with Crippen LogP contribution in [0.1, 0.15) is 5.69 Å². The van der Waals surface area contributed by atoms with E-state index in [1.807, 2.05) is 0 Å². The molecular weight excluding hydrogens is 223 g/mol. The maximum absolute atomic E-state index is 12.6. The van der Waals surface area contributed by atoms with Gasteiger partial charge in [-0.05, 0) is 12.1 Å². The van der Waals surface area contributed by atoms with Crippen LogP contribution in [0, 0.1) is 0 Å². The molecule has 7 heteroatoms. The van der Waals surface area contributed by atoms with Crippen molar-refractivity contribution >= 4 is 11.5 Å². The molecule has 4 nitrogen and oxygen atoms in total. The van der Waals surface area contributed by atoms with Crippen molar-refractivity contribution in [3.05, 3.63) is 40.3 Å². The van der Waals surface area contributed by atoms with Gasteiger partial charge in [-0.15, -0.1) is 0 Å². The zero-order valence-corrected chi connectivity index (χ0v) is 7.82. The quantitative estimate of drug-likeness (QED) is 0.740. The van der Waals surface area contributed by atoms with Gasteiger partial charge in [0.25, 0.3) is 5.56 Å². The van der Waals surface area contributed by atoms with E-state index in [1.54, 1.807) is 0 Å². The van der Waals surface area contributed by atoms with Crippen LogP contribution in [0.2, 0.25) is 0 Å². The number of hydrogen-bond acceptors (Lipinski definition) is 3. The van der Waals surface area contributed by atoms with Gasteiger partial charge in [0.1, 0.15) is 17.2 Å². The molecule has 2 aromatic heterocycles. The fourth-order valence-corrected chi connectivity index (χ4v) is 1.39. The summed E-state index contributed by atoms with van der Waals surface area (Å²) in [6.07, 6.45) is -4.61. The lowest BCUT2D eigenvalue weighted by atomic mass is 10.3. The average Bonchev–Trinajstić information content (AvgIpc) is 2.14. The highest BCUT2D eigenvalue weighted by molar-refractivity contribution is 5.45. The largest absolute Gasteiger partial charge is 0.431 e. The summed E-state index contributed by atoms with van der Waals surface area (Å²) in [5.41, 5.74) is 3.23. The predicted molar refractivity (Wildman–Crippen MR) is 50.9 cm³/mol. The molecule has 84 valence electrons. The van der Waals surface area contributed by atoms with Gasteiger partial charge in [-0.25, -0.2) is 4.98 Å². The molecule has 0 bridgehead atoms. The molecule has 2 N–H and O–H groups in total. The Labute approximate surface area is 87.1 Å². The highest BCUT2D eigenvalue weighted by Crippen LogP contribution is 2.28. The minimum absolute atomic E-state index is 0.107. The number of nitrogens with two attached hydrogens (primary N) is 1. The first-order valence-electron chi connectivity index (χ1n) is 4.25. The van der Waals surface area contributed by atoms with Crippen LogP contribution in [0.4, 0.5) is 19.0 Å². The minimum Gasteiger partial charge on any atom is -0.383 e. The van der Waals surface area contributed by atoms with Gasteiger partial charge in [-0.2, -0.15) is 13.2 Å². The topological polar surface area (TPSA) is 60.4 Å². The Morgan fingerprint density at radius 1 is 1.31 bits per heavy atom. The third-order valence-electron chi connectivity index (χ3n) is 2.00. The number of nitrogens with zero attached hydrogens (tertiary/aromatic N) is 2. The third-order valence-corrected chi connectivity index (χ3v) is 2.00. The Bertz CT molecular complexity index is 603. The maximum Gasteiger partial charge on any atom is 0.431 e. The molecule has 0 saturated heterocycles. The van der Waals surface area contributed by atoms with Gasteiger partial charge < -0.3 is 5.73 Å². The van der Waals surface area contributed by atoms with Gasteiger partial charge in [0.2, 0.25) is 0 Å². The van der Waals surface area contributed by atoms with E-state index in [-0.39, 0.29) is 11.5 Å². The SMILES string of the molecule is Nc1cc(=O)n2c(C(F)(F)F)cccc2n1. The van der Waals surface area contributed by atoms with E-state index in [1.165, 1.54) is 12.1 Å². The summed E-state index contributed by atoms with van der Waals surface area (Å²) >= 11 is 0. The van der Waals surface area contributed by atoms with Crippen LogP contribution in [-0.2, 0) is 6.18 Å².